The molecule has 1 saturated carbocycles. The van der Waals surface area contributed by atoms with Crippen molar-refractivity contribution < 1.29 is 9.53 Å². The largest absolute Gasteiger partial charge is 0.462 e. The number of piperidine rings is 1. The van der Waals surface area contributed by atoms with E-state index >= 15 is 0 Å². The van der Waals surface area contributed by atoms with E-state index in [0.29, 0.717) is 12.3 Å². The van der Waals surface area contributed by atoms with E-state index in [1.54, 1.807) is 0 Å². The first-order chi connectivity index (χ1) is 9.79. The molecule has 1 aliphatic heterocycles. The summed E-state index contributed by atoms with van der Waals surface area (Å²) in [5.74, 6) is 1.35. The third-order valence-corrected chi connectivity index (χ3v) is 4.83. The van der Waals surface area contributed by atoms with E-state index in [1.165, 1.54) is 44.9 Å². The minimum atomic E-state index is 0.0381. The highest BCUT2D eigenvalue weighted by atomic mass is 16.5. The van der Waals surface area contributed by atoms with Crippen LogP contribution in [0, 0.1) is 11.8 Å². The molecule has 3 heteroatoms. The van der Waals surface area contributed by atoms with Crippen LogP contribution in [-0.2, 0) is 9.53 Å². The van der Waals surface area contributed by atoms with Gasteiger partial charge >= 0.3 is 5.97 Å². The maximum atomic E-state index is 11.9. The Bertz CT molecular complexity index is 293. The van der Waals surface area contributed by atoms with Crippen LogP contribution < -0.4 is 5.32 Å². The summed E-state index contributed by atoms with van der Waals surface area (Å²) < 4.78 is 5.69. The summed E-state index contributed by atoms with van der Waals surface area (Å²) in [5.41, 5.74) is 0. The van der Waals surface area contributed by atoms with Crippen LogP contribution in [0.5, 0.6) is 0 Å². The van der Waals surface area contributed by atoms with Crippen LogP contribution >= 0.6 is 0 Å². The number of nitrogens with one attached hydrogen (secondary N) is 1. The van der Waals surface area contributed by atoms with E-state index in [9.17, 15) is 4.79 Å². The number of esters is 1. The van der Waals surface area contributed by atoms with Gasteiger partial charge in [-0.25, -0.2) is 0 Å². The molecular formula is C17H31NO2. The van der Waals surface area contributed by atoms with E-state index in [2.05, 4.69) is 12.2 Å². The molecule has 1 heterocycles. The first kappa shape index (κ1) is 15.8. The lowest BCUT2D eigenvalue weighted by Crippen LogP contribution is -2.33. The van der Waals surface area contributed by atoms with Crippen LogP contribution in [0.2, 0.25) is 0 Å². The number of unbranched alkanes of at least 4 members (excludes halogenated alkanes) is 6. The van der Waals surface area contributed by atoms with Crippen molar-refractivity contribution in [3.63, 3.8) is 0 Å². The van der Waals surface area contributed by atoms with Crippen molar-refractivity contribution in [2.45, 2.75) is 77.2 Å². The quantitative estimate of drug-likeness (QED) is 0.517. The van der Waals surface area contributed by atoms with E-state index in [1.807, 2.05) is 0 Å². The summed E-state index contributed by atoms with van der Waals surface area (Å²) in [6, 6.07) is 0. The van der Waals surface area contributed by atoms with E-state index in [-0.39, 0.29) is 12.1 Å². The van der Waals surface area contributed by atoms with Gasteiger partial charge in [-0.05, 0) is 31.7 Å². The molecule has 0 aromatic carbocycles. The number of rotatable bonds is 9. The molecule has 20 heavy (non-hydrogen) atoms. The molecule has 2 bridgehead atoms. The number of carbonyl (C=O) groups excluding carboxylic acids is 1. The monoisotopic (exact) mass is 281 g/mol. The standard InChI is InChI=1S/C17H31NO2/c1-2-3-4-5-6-7-8-9-17(19)20-16-11-14-10-15(16)13-18-12-14/h14-16,18H,2-13H2,1H3/t14-,15-,16-/m1/s1. The normalized spacial score (nSPS) is 28.6. The fourth-order valence-corrected chi connectivity index (χ4v) is 3.65. The average Bonchev–Trinajstić information content (AvgIpc) is 2.72. The maximum Gasteiger partial charge on any atom is 0.306 e. The van der Waals surface area contributed by atoms with Crippen molar-refractivity contribution >= 4 is 5.97 Å². The Kier molecular flexibility index (Phi) is 6.85. The first-order valence-corrected chi connectivity index (χ1v) is 8.69. The molecule has 2 aliphatic rings. The zero-order valence-corrected chi connectivity index (χ0v) is 13.0. The van der Waals surface area contributed by atoms with Crippen molar-refractivity contribution in [2.24, 2.45) is 11.8 Å². The Morgan fingerprint density at radius 2 is 1.80 bits per heavy atom. The predicted octanol–water partition coefficient (Wildman–Crippen LogP) is 3.67. The second-order valence-corrected chi connectivity index (χ2v) is 6.66. The first-order valence-electron chi connectivity index (χ1n) is 8.69. The fraction of sp³-hybridized carbons (Fsp3) is 0.941. The summed E-state index contributed by atoms with van der Waals surface area (Å²) in [6.45, 7) is 4.39. The Hall–Kier alpha value is -0.570. The second kappa shape index (κ2) is 8.66. The summed E-state index contributed by atoms with van der Waals surface area (Å²) in [5, 5.41) is 3.44. The SMILES string of the molecule is CCCCCCCCCC(=O)O[C@@H]1C[C@@H]2CNC[C@H]1C2. The molecule has 2 rings (SSSR count). The molecule has 3 nitrogen and oxygen atoms in total. The van der Waals surface area contributed by atoms with Gasteiger partial charge in [0.1, 0.15) is 6.10 Å². The summed E-state index contributed by atoms with van der Waals surface area (Å²) in [6.07, 6.45) is 11.9. The van der Waals surface area contributed by atoms with Crippen LogP contribution in [0.3, 0.4) is 0 Å². The average molecular weight is 281 g/mol. The lowest BCUT2D eigenvalue weighted by molar-refractivity contribution is -0.150. The number of fused-ring (bicyclic) bond motifs is 2. The molecule has 1 saturated heterocycles. The van der Waals surface area contributed by atoms with Crippen LogP contribution in [-0.4, -0.2) is 25.2 Å². The van der Waals surface area contributed by atoms with Crippen molar-refractivity contribution in [1.82, 2.24) is 5.32 Å². The zero-order valence-electron chi connectivity index (χ0n) is 13.0. The highest BCUT2D eigenvalue weighted by Gasteiger charge is 2.39. The van der Waals surface area contributed by atoms with Gasteiger partial charge < -0.3 is 10.1 Å². The van der Waals surface area contributed by atoms with Gasteiger partial charge in [0.2, 0.25) is 0 Å². The van der Waals surface area contributed by atoms with Gasteiger partial charge in [0, 0.05) is 18.9 Å². The van der Waals surface area contributed by atoms with Crippen molar-refractivity contribution in [3.05, 3.63) is 0 Å². The van der Waals surface area contributed by atoms with Crippen LogP contribution in [0.25, 0.3) is 0 Å². The third kappa shape index (κ3) is 5.08. The molecule has 0 unspecified atom stereocenters. The van der Waals surface area contributed by atoms with E-state index < -0.39 is 0 Å². The minimum Gasteiger partial charge on any atom is -0.462 e. The molecule has 0 aromatic heterocycles. The van der Waals surface area contributed by atoms with Crippen LogP contribution in [0.1, 0.15) is 71.1 Å². The van der Waals surface area contributed by atoms with Gasteiger partial charge in [0.15, 0.2) is 0 Å². The van der Waals surface area contributed by atoms with Gasteiger partial charge in [-0.1, -0.05) is 45.4 Å². The molecule has 116 valence electrons. The van der Waals surface area contributed by atoms with E-state index in [4.69, 9.17) is 4.74 Å². The summed E-state index contributed by atoms with van der Waals surface area (Å²) >= 11 is 0. The van der Waals surface area contributed by atoms with Crippen molar-refractivity contribution in [3.8, 4) is 0 Å². The highest BCUT2D eigenvalue weighted by Crippen LogP contribution is 2.35. The minimum absolute atomic E-state index is 0.0381. The molecule has 2 fully saturated rings. The molecular weight excluding hydrogens is 250 g/mol. The Labute approximate surface area is 123 Å². The molecule has 1 N–H and O–H groups in total. The van der Waals surface area contributed by atoms with Gasteiger partial charge in [0.05, 0.1) is 0 Å². The summed E-state index contributed by atoms with van der Waals surface area (Å²) in [7, 11) is 0. The number of ether oxygens (including phenoxy) is 1. The maximum absolute atomic E-state index is 11.9. The predicted molar refractivity (Wildman–Crippen MR) is 81.6 cm³/mol. The molecule has 0 spiro atoms. The molecule has 1 aliphatic carbocycles. The zero-order chi connectivity index (χ0) is 14.2. The number of hydrogen-bond acceptors (Lipinski definition) is 3. The Morgan fingerprint density at radius 3 is 2.55 bits per heavy atom. The van der Waals surface area contributed by atoms with Gasteiger partial charge in [-0.3, -0.25) is 4.79 Å². The van der Waals surface area contributed by atoms with Crippen LogP contribution in [0.15, 0.2) is 0 Å². The highest BCUT2D eigenvalue weighted by molar-refractivity contribution is 5.69. The number of hydrogen-bond donors (Lipinski definition) is 1. The van der Waals surface area contributed by atoms with Gasteiger partial charge in [0.25, 0.3) is 0 Å². The second-order valence-electron chi connectivity index (χ2n) is 6.66. The molecule has 3 atom stereocenters. The Morgan fingerprint density at radius 1 is 1.05 bits per heavy atom. The van der Waals surface area contributed by atoms with Gasteiger partial charge in [-0.15, -0.1) is 0 Å². The fourth-order valence-electron chi connectivity index (χ4n) is 3.65. The van der Waals surface area contributed by atoms with Crippen molar-refractivity contribution in [2.75, 3.05) is 13.1 Å². The third-order valence-electron chi connectivity index (χ3n) is 4.83. The smallest absolute Gasteiger partial charge is 0.306 e. The topological polar surface area (TPSA) is 38.3 Å². The molecule has 0 amide bonds. The number of carbonyl (C=O) groups is 1. The summed E-state index contributed by atoms with van der Waals surface area (Å²) in [4.78, 5) is 11.9. The van der Waals surface area contributed by atoms with E-state index in [0.717, 1.165) is 31.8 Å². The molecule has 0 radical (unpaired) electrons. The van der Waals surface area contributed by atoms with Crippen LogP contribution in [0.4, 0.5) is 0 Å². The Balaban J connectivity index is 1.50. The lowest BCUT2D eigenvalue weighted by atomic mass is 10.0. The van der Waals surface area contributed by atoms with Crippen molar-refractivity contribution in [1.29, 1.82) is 0 Å². The molecule has 0 aromatic rings. The van der Waals surface area contributed by atoms with Gasteiger partial charge in [-0.2, -0.15) is 0 Å². The lowest BCUT2D eigenvalue weighted by Gasteiger charge is -2.21.